The summed E-state index contributed by atoms with van der Waals surface area (Å²) in [6, 6.07) is -1.15. The number of carboxylic acid groups (broad SMARTS) is 2. The molecular formula is C35H62BrN5O13. The number of carbonyl (C=O) groups is 7. The number of amides is 5. The highest BCUT2D eigenvalue weighted by molar-refractivity contribution is 9.09. The van der Waals surface area contributed by atoms with Crippen LogP contribution < -0.4 is 26.6 Å². The summed E-state index contributed by atoms with van der Waals surface area (Å²) in [6.45, 7) is 2.03. The maximum Gasteiger partial charge on any atom is 0.326 e. The Bertz CT molecular complexity index is 1070. The minimum Gasteiger partial charge on any atom is -0.481 e. The fourth-order valence-electron chi connectivity index (χ4n) is 4.71. The van der Waals surface area contributed by atoms with Crippen LogP contribution in [0.4, 0.5) is 0 Å². The molecule has 0 aliphatic heterocycles. The Morgan fingerprint density at radius 2 is 0.889 bits per heavy atom. The van der Waals surface area contributed by atoms with Crippen molar-refractivity contribution in [1.82, 2.24) is 26.6 Å². The first kappa shape index (κ1) is 50.6. The number of aliphatic carboxylic acids is 2. The van der Waals surface area contributed by atoms with Crippen LogP contribution in [-0.4, -0.2) is 142 Å². The fourth-order valence-corrected chi connectivity index (χ4v) is 4.91. The number of ether oxygens (including phenoxy) is 4. The largest absolute Gasteiger partial charge is 0.481 e. The molecule has 0 aliphatic carbocycles. The van der Waals surface area contributed by atoms with Crippen LogP contribution in [0, 0.1) is 0 Å². The van der Waals surface area contributed by atoms with Gasteiger partial charge in [0.1, 0.15) is 19.3 Å². The third-order valence-electron chi connectivity index (χ3n) is 7.58. The van der Waals surface area contributed by atoms with Gasteiger partial charge in [0.2, 0.25) is 29.5 Å². The predicted octanol–water partition coefficient (Wildman–Crippen LogP) is 1.03. The summed E-state index contributed by atoms with van der Waals surface area (Å²) in [5, 5.41) is 31.3. The molecule has 0 radical (unpaired) electrons. The Morgan fingerprint density at radius 3 is 1.37 bits per heavy atom. The van der Waals surface area contributed by atoms with Crippen molar-refractivity contribution in [3.63, 3.8) is 0 Å². The van der Waals surface area contributed by atoms with E-state index in [-0.39, 0.29) is 126 Å². The number of unbranched alkanes of at least 4 members (excludes halogenated alkanes) is 9. The zero-order valence-corrected chi connectivity index (χ0v) is 33.0. The number of hydrogen-bond acceptors (Lipinski definition) is 11. The van der Waals surface area contributed by atoms with E-state index in [1.54, 1.807) is 0 Å². The summed E-state index contributed by atoms with van der Waals surface area (Å²) in [6.07, 6.45) is 9.97. The molecule has 18 nitrogen and oxygen atoms in total. The van der Waals surface area contributed by atoms with Gasteiger partial charge in [0.25, 0.3) is 0 Å². The molecule has 19 heteroatoms. The minimum atomic E-state index is -1.20. The summed E-state index contributed by atoms with van der Waals surface area (Å²) in [7, 11) is 0. The van der Waals surface area contributed by atoms with Crippen LogP contribution in [-0.2, 0) is 52.5 Å². The topological polar surface area (TPSA) is 257 Å². The van der Waals surface area contributed by atoms with Crippen molar-refractivity contribution < 1.29 is 62.7 Å². The van der Waals surface area contributed by atoms with Crippen molar-refractivity contribution in [1.29, 1.82) is 0 Å². The predicted molar refractivity (Wildman–Crippen MR) is 201 cm³/mol. The van der Waals surface area contributed by atoms with Crippen LogP contribution in [0.25, 0.3) is 0 Å². The van der Waals surface area contributed by atoms with Crippen molar-refractivity contribution >= 4 is 57.4 Å². The lowest BCUT2D eigenvalue weighted by atomic mass is 10.0. The average Bonchev–Trinajstić information content (AvgIpc) is 3.13. The van der Waals surface area contributed by atoms with Crippen molar-refractivity contribution in [3.8, 4) is 0 Å². The Kier molecular flexibility index (Phi) is 34.3. The van der Waals surface area contributed by atoms with E-state index in [9.17, 15) is 38.7 Å². The molecule has 7 N–H and O–H groups in total. The van der Waals surface area contributed by atoms with Crippen LogP contribution in [0.1, 0.15) is 89.9 Å². The second kappa shape index (κ2) is 36.6. The normalized spacial score (nSPS) is 11.4. The first-order chi connectivity index (χ1) is 26.0. The van der Waals surface area contributed by atoms with Crippen LogP contribution in [0.5, 0.6) is 0 Å². The lowest BCUT2D eigenvalue weighted by Gasteiger charge is -2.14. The Morgan fingerprint density at radius 1 is 0.463 bits per heavy atom. The van der Waals surface area contributed by atoms with Crippen LogP contribution in [0.2, 0.25) is 0 Å². The van der Waals surface area contributed by atoms with Gasteiger partial charge in [0, 0.05) is 45.4 Å². The van der Waals surface area contributed by atoms with Gasteiger partial charge in [0.05, 0.1) is 45.0 Å². The van der Waals surface area contributed by atoms with Gasteiger partial charge >= 0.3 is 11.9 Å². The summed E-state index contributed by atoms with van der Waals surface area (Å²) >= 11 is 3.02. The highest BCUT2D eigenvalue weighted by atomic mass is 79.9. The molecule has 0 bridgehead atoms. The molecule has 0 saturated carbocycles. The van der Waals surface area contributed by atoms with E-state index >= 15 is 0 Å². The lowest BCUT2D eigenvalue weighted by molar-refractivity contribution is -0.142. The van der Waals surface area contributed by atoms with E-state index in [4.69, 9.17) is 24.1 Å². The number of carboxylic acids is 2. The average molecular weight is 841 g/mol. The molecule has 0 spiro atoms. The molecule has 54 heavy (non-hydrogen) atoms. The highest BCUT2D eigenvalue weighted by Crippen LogP contribution is 2.12. The van der Waals surface area contributed by atoms with Crippen molar-refractivity contribution in [3.05, 3.63) is 0 Å². The molecule has 1 atom stereocenters. The molecular weight excluding hydrogens is 778 g/mol. The Hall–Kier alpha value is -3.39. The van der Waals surface area contributed by atoms with Gasteiger partial charge in [0.15, 0.2) is 0 Å². The number of halogens is 1. The summed E-state index contributed by atoms with van der Waals surface area (Å²) in [5.41, 5.74) is 0. The summed E-state index contributed by atoms with van der Waals surface area (Å²) < 4.78 is 21.1. The maximum atomic E-state index is 12.2. The van der Waals surface area contributed by atoms with E-state index in [1.165, 1.54) is 0 Å². The maximum absolute atomic E-state index is 12.2. The SMILES string of the molecule is O=C(O)CCCCCCCCCCCCC(=O)NC(CCC(=O)NCCOCCOCC(=O)NCCOCCOCC(=O)NCCNC(=O)CBr)C(=O)O. The van der Waals surface area contributed by atoms with Crippen molar-refractivity contribution in [2.75, 3.05) is 84.4 Å². The highest BCUT2D eigenvalue weighted by Gasteiger charge is 2.20. The molecule has 0 aliphatic rings. The van der Waals surface area contributed by atoms with Gasteiger partial charge in [-0.3, -0.25) is 28.8 Å². The van der Waals surface area contributed by atoms with E-state index in [0.29, 0.717) is 19.5 Å². The number of hydrogen-bond donors (Lipinski definition) is 7. The van der Waals surface area contributed by atoms with E-state index in [0.717, 1.165) is 57.8 Å². The Balaban J connectivity index is 3.67. The molecule has 0 aromatic carbocycles. The first-order valence-electron chi connectivity index (χ1n) is 18.7. The van der Waals surface area contributed by atoms with Gasteiger partial charge in [-0.2, -0.15) is 0 Å². The molecule has 0 fully saturated rings. The summed E-state index contributed by atoms with van der Waals surface area (Å²) in [4.78, 5) is 80.9. The van der Waals surface area contributed by atoms with Crippen LogP contribution in [0.3, 0.4) is 0 Å². The van der Waals surface area contributed by atoms with Crippen molar-refractivity contribution in [2.45, 2.75) is 95.9 Å². The van der Waals surface area contributed by atoms with Gasteiger partial charge in [-0.05, 0) is 19.3 Å². The lowest BCUT2D eigenvalue weighted by Crippen LogP contribution is -2.41. The minimum absolute atomic E-state index is 0.0382. The van der Waals surface area contributed by atoms with Crippen LogP contribution in [0.15, 0.2) is 0 Å². The number of nitrogens with one attached hydrogen (secondary N) is 5. The van der Waals surface area contributed by atoms with Gasteiger partial charge in [-0.15, -0.1) is 0 Å². The second-order valence-electron chi connectivity index (χ2n) is 12.3. The van der Waals surface area contributed by atoms with Gasteiger partial charge in [-0.25, -0.2) is 4.79 Å². The van der Waals surface area contributed by atoms with E-state index < -0.39 is 18.0 Å². The number of alkyl halides is 1. The molecule has 0 heterocycles. The standard InChI is InChI=1S/C35H62BrN5O13/c36-25-31(44)37-15-16-38-32(45)26-53-23-22-52-20-18-40-33(46)27-54-24-21-51-19-17-39-29(42)14-13-28(35(49)50)41-30(43)11-9-7-5-3-1-2-4-6-8-10-12-34(47)48/h28H,1-27H2,(H,37,44)(H,38,45)(H,39,42)(H,40,46)(H,41,43)(H,47,48)(H,49,50). The molecule has 312 valence electrons. The molecule has 5 amide bonds. The summed E-state index contributed by atoms with van der Waals surface area (Å²) in [5.74, 6) is -3.46. The van der Waals surface area contributed by atoms with Crippen LogP contribution >= 0.6 is 15.9 Å². The number of rotatable bonds is 38. The first-order valence-corrected chi connectivity index (χ1v) is 19.8. The Labute approximate surface area is 326 Å². The molecule has 0 rings (SSSR count). The zero-order valence-electron chi connectivity index (χ0n) is 31.4. The van der Waals surface area contributed by atoms with E-state index in [1.807, 2.05) is 0 Å². The van der Waals surface area contributed by atoms with Crippen molar-refractivity contribution in [2.24, 2.45) is 0 Å². The third kappa shape index (κ3) is 35.6. The monoisotopic (exact) mass is 839 g/mol. The van der Waals surface area contributed by atoms with Gasteiger partial charge in [-0.1, -0.05) is 67.3 Å². The molecule has 0 aromatic rings. The number of carbonyl (C=O) groups excluding carboxylic acids is 5. The zero-order chi connectivity index (χ0) is 40.1. The quantitative estimate of drug-likeness (QED) is 0.0339. The van der Waals surface area contributed by atoms with Gasteiger partial charge < -0.3 is 55.7 Å². The van der Waals surface area contributed by atoms with E-state index in [2.05, 4.69) is 42.5 Å². The smallest absolute Gasteiger partial charge is 0.326 e. The molecule has 0 aromatic heterocycles. The fraction of sp³-hybridized carbons (Fsp3) is 0.800. The second-order valence-corrected chi connectivity index (χ2v) is 12.9. The molecule has 0 saturated heterocycles. The molecule has 1 unspecified atom stereocenters. The third-order valence-corrected chi connectivity index (χ3v) is 8.09.